The molecule has 0 spiro atoms. The van der Waals surface area contributed by atoms with E-state index in [-0.39, 0.29) is 16.8 Å². The Hall–Kier alpha value is -1.51. The molecule has 0 bridgehead atoms. The highest BCUT2D eigenvalue weighted by Crippen LogP contribution is 2.18. The second-order valence-electron chi connectivity index (χ2n) is 6.71. The van der Waals surface area contributed by atoms with Gasteiger partial charge in [-0.25, -0.2) is 12.8 Å². The molecule has 0 aromatic heterocycles. The minimum atomic E-state index is -3.63. The van der Waals surface area contributed by atoms with Gasteiger partial charge >= 0.3 is 0 Å². The molecule has 0 radical (unpaired) electrons. The van der Waals surface area contributed by atoms with Gasteiger partial charge in [-0.3, -0.25) is 9.69 Å². The molecule has 25 heavy (non-hydrogen) atoms. The van der Waals surface area contributed by atoms with Crippen molar-refractivity contribution in [2.75, 3.05) is 32.7 Å². The molecule has 1 aromatic rings. The van der Waals surface area contributed by atoms with E-state index in [1.54, 1.807) is 0 Å². The maximum Gasteiger partial charge on any atom is 0.243 e. The molecule has 1 aromatic carbocycles. The summed E-state index contributed by atoms with van der Waals surface area (Å²) in [4.78, 5) is 14.2. The molecule has 1 amide bonds. The Morgan fingerprint density at radius 2 is 1.68 bits per heavy atom. The molecule has 0 saturated carbocycles. The van der Waals surface area contributed by atoms with E-state index in [1.165, 1.54) is 16.4 Å². The summed E-state index contributed by atoms with van der Waals surface area (Å²) in [5.74, 6) is -0.123. The number of nitrogens with zero attached hydrogens (tertiary/aromatic N) is 2. The summed E-state index contributed by atoms with van der Waals surface area (Å²) in [6, 6.07) is 4.54. The van der Waals surface area contributed by atoms with Crippen molar-refractivity contribution >= 4 is 15.9 Å². The normalized spacial score (nSPS) is 18.3. The van der Waals surface area contributed by atoms with Gasteiger partial charge in [0.1, 0.15) is 5.82 Å². The predicted molar refractivity (Wildman–Crippen MR) is 94.0 cm³/mol. The summed E-state index contributed by atoms with van der Waals surface area (Å²) >= 11 is 0. The lowest BCUT2D eigenvalue weighted by Gasteiger charge is -2.36. The Labute approximate surface area is 149 Å². The van der Waals surface area contributed by atoms with Gasteiger partial charge in [-0.1, -0.05) is 13.8 Å². The van der Waals surface area contributed by atoms with Crippen LogP contribution in [-0.4, -0.2) is 62.3 Å². The number of nitrogens with one attached hydrogen (secondary N) is 1. The fourth-order valence-electron chi connectivity index (χ4n) is 2.71. The van der Waals surface area contributed by atoms with Gasteiger partial charge in [-0.2, -0.15) is 4.31 Å². The van der Waals surface area contributed by atoms with E-state index >= 15 is 0 Å². The highest BCUT2D eigenvalue weighted by atomic mass is 32.2. The first kappa shape index (κ1) is 19.8. The Morgan fingerprint density at radius 1 is 1.12 bits per heavy atom. The Morgan fingerprint density at radius 3 is 2.20 bits per heavy atom. The van der Waals surface area contributed by atoms with Crippen LogP contribution in [0.15, 0.2) is 29.2 Å². The predicted octanol–water partition coefficient (Wildman–Crippen LogP) is 1.29. The zero-order valence-electron chi connectivity index (χ0n) is 14.9. The topological polar surface area (TPSA) is 69.7 Å². The molecule has 2 rings (SSSR count). The van der Waals surface area contributed by atoms with Gasteiger partial charge in [0.15, 0.2) is 0 Å². The quantitative estimate of drug-likeness (QED) is 0.818. The van der Waals surface area contributed by atoms with Crippen molar-refractivity contribution in [3.8, 4) is 0 Å². The average molecular weight is 371 g/mol. The van der Waals surface area contributed by atoms with Gasteiger partial charge in [0.25, 0.3) is 0 Å². The monoisotopic (exact) mass is 371 g/mol. The summed E-state index contributed by atoms with van der Waals surface area (Å²) in [5.41, 5.74) is 0. The first-order valence-corrected chi connectivity index (χ1v) is 9.93. The molecule has 0 aliphatic carbocycles. The van der Waals surface area contributed by atoms with Gasteiger partial charge in [-0.05, 0) is 37.1 Å². The van der Waals surface area contributed by atoms with Crippen LogP contribution < -0.4 is 5.32 Å². The van der Waals surface area contributed by atoms with Crippen LogP contribution in [0.4, 0.5) is 4.39 Å². The molecule has 1 aliphatic heterocycles. The average Bonchev–Trinajstić information content (AvgIpc) is 2.59. The highest BCUT2D eigenvalue weighted by molar-refractivity contribution is 7.89. The number of piperazine rings is 1. The maximum atomic E-state index is 13.0. The van der Waals surface area contributed by atoms with Gasteiger partial charge in [0.2, 0.25) is 15.9 Å². The second-order valence-corrected chi connectivity index (χ2v) is 8.65. The van der Waals surface area contributed by atoms with Gasteiger partial charge in [0.05, 0.1) is 10.9 Å². The standard InChI is InChI=1S/C17H26FN3O3S/c1-13(2)12-19-17(22)14(3)20-8-10-21(11-9-20)25(23,24)16-6-4-15(18)5-7-16/h4-7,13-14H,8-12H2,1-3H3,(H,19,22)/t14-/m1/s1. The van der Waals surface area contributed by atoms with Crippen molar-refractivity contribution in [2.45, 2.75) is 31.7 Å². The van der Waals surface area contributed by atoms with Crippen molar-refractivity contribution in [1.29, 1.82) is 0 Å². The molecule has 1 fully saturated rings. The second kappa shape index (κ2) is 8.25. The maximum absolute atomic E-state index is 13.0. The fraction of sp³-hybridized carbons (Fsp3) is 0.588. The van der Waals surface area contributed by atoms with Crippen molar-refractivity contribution in [2.24, 2.45) is 5.92 Å². The van der Waals surface area contributed by atoms with Crippen LogP contribution in [0.2, 0.25) is 0 Å². The van der Waals surface area contributed by atoms with Crippen molar-refractivity contribution in [1.82, 2.24) is 14.5 Å². The lowest BCUT2D eigenvalue weighted by atomic mass is 10.2. The van der Waals surface area contributed by atoms with Gasteiger partial charge in [0, 0.05) is 32.7 Å². The number of halogens is 1. The highest BCUT2D eigenvalue weighted by Gasteiger charge is 2.31. The first-order chi connectivity index (χ1) is 11.7. The molecule has 1 heterocycles. The molecule has 140 valence electrons. The summed E-state index contributed by atoms with van der Waals surface area (Å²) < 4.78 is 39.6. The molecule has 1 saturated heterocycles. The Kier molecular flexibility index (Phi) is 6.53. The molecule has 1 atom stereocenters. The zero-order valence-corrected chi connectivity index (χ0v) is 15.7. The Bertz CT molecular complexity index is 684. The van der Waals surface area contributed by atoms with Crippen molar-refractivity contribution in [3.63, 3.8) is 0 Å². The smallest absolute Gasteiger partial charge is 0.243 e. The third-order valence-corrected chi connectivity index (χ3v) is 6.25. The largest absolute Gasteiger partial charge is 0.354 e. The lowest BCUT2D eigenvalue weighted by molar-refractivity contribution is -0.126. The van der Waals surface area contributed by atoms with Crippen LogP contribution in [0.25, 0.3) is 0 Å². The third kappa shape index (κ3) is 4.99. The number of hydrogen-bond acceptors (Lipinski definition) is 4. The first-order valence-electron chi connectivity index (χ1n) is 8.49. The number of benzene rings is 1. The number of sulfonamides is 1. The molecule has 1 N–H and O–H groups in total. The lowest BCUT2D eigenvalue weighted by Crippen LogP contribution is -2.55. The van der Waals surface area contributed by atoms with Crippen LogP contribution >= 0.6 is 0 Å². The van der Waals surface area contributed by atoms with Crippen molar-refractivity contribution in [3.05, 3.63) is 30.1 Å². The van der Waals surface area contributed by atoms with E-state index in [1.807, 2.05) is 25.7 Å². The van der Waals surface area contributed by atoms with E-state index in [0.717, 1.165) is 12.1 Å². The third-order valence-electron chi connectivity index (χ3n) is 4.34. The molecule has 0 unspecified atom stereocenters. The number of carbonyl (C=O) groups is 1. The molecule has 6 nitrogen and oxygen atoms in total. The molecule has 8 heteroatoms. The van der Waals surface area contributed by atoms with E-state index in [0.29, 0.717) is 38.6 Å². The summed E-state index contributed by atoms with van der Waals surface area (Å²) in [7, 11) is -3.63. The summed E-state index contributed by atoms with van der Waals surface area (Å²) in [5, 5.41) is 2.90. The SMILES string of the molecule is CC(C)CNC(=O)[C@@H](C)N1CCN(S(=O)(=O)c2ccc(F)cc2)CC1. The summed E-state index contributed by atoms with van der Waals surface area (Å²) in [6.07, 6.45) is 0. The minimum Gasteiger partial charge on any atom is -0.354 e. The summed E-state index contributed by atoms with van der Waals surface area (Å²) in [6.45, 7) is 8.10. The fourth-order valence-corrected chi connectivity index (χ4v) is 4.13. The molecular weight excluding hydrogens is 345 g/mol. The Balaban J connectivity index is 1.94. The molecule has 1 aliphatic rings. The van der Waals surface area contributed by atoms with Crippen LogP contribution in [0.1, 0.15) is 20.8 Å². The van der Waals surface area contributed by atoms with E-state index in [9.17, 15) is 17.6 Å². The van der Waals surface area contributed by atoms with E-state index in [2.05, 4.69) is 5.32 Å². The number of hydrogen-bond donors (Lipinski definition) is 1. The number of amides is 1. The number of carbonyl (C=O) groups excluding carboxylic acids is 1. The van der Waals surface area contributed by atoms with E-state index in [4.69, 9.17) is 0 Å². The van der Waals surface area contributed by atoms with Crippen LogP contribution in [0, 0.1) is 11.7 Å². The minimum absolute atomic E-state index is 0.0384. The zero-order chi connectivity index (χ0) is 18.6. The van der Waals surface area contributed by atoms with Crippen molar-refractivity contribution < 1.29 is 17.6 Å². The molecular formula is C17H26FN3O3S. The van der Waals surface area contributed by atoms with Crippen LogP contribution in [0.3, 0.4) is 0 Å². The van der Waals surface area contributed by atoms with Crippen LogP contribution in [0.5, 0.6) is 0 Å². The van der Waals surface area contributed by atoms with E-state index < -0.39 is 15.8 Å². The number of rotatable bonds is 6. The van der Waals surface area contributed by atoms with Gasteiger partial charge in [-0.15, -0.1) is 0 Å². The van der Waals surface area contributed by atoms with Crippen LogP contribution in [-0.2, 0) is 14.8 Å². The van der Waals surface area contributed by atoms with Gasteiger partial charge < -0.3 is 5.32 Å².